The molecular formula is C15H24N4O. The first kappa shape index (κ1) is 14.8. The predicted molar refractivity (Wildman–Crippen MR) is 79.3 cm³/mol. The Balaban J connectivity index is 1.58. The summed E-state index contributed by atoms with van der Waals surface area (Å²) in [7, 11) is 0. The van der Waals surface area contributed by atoms with Crippen molar-refractivity contribution in [1.82, 2.24) is 20.5 Å². The molecule has 1 saturated heterocycles. The third-order valence-corrected chi connectivity index (χ3v) is 3.66. The largest absolute Gasteiger partial charge is 0.337 e. The number of carbonyl (C=O) groups is 1. The Morgan fingerprint density at radius 3 is 2.95 bits per heavy atom. The van der Waals surface area contributed by atoms with E-state index in [4.69, 9.17) is 0 Å². The van der Waals surface area contributed by atoms with Gasteiger partial charge in [-0.1, -0.05) is 6.92 Å². The fourth-order valence-corrected chi connectivity index (χ4v) is 2.56. The van der Waals surface area contributed by atoms with Crippen molar-refractivity contribution < 1.29 is 4.79 Å². The van der Waals surface area contributed by atoms with Crippen molar-refractivity contribution in [2.24, 2.45) is 5.92 Å². The summed E-state index contributed by atoms with van der Waals surface area (Å²) in [5.74, 6) is 0.782. The summed E-state index contributed by atoms with van der Waals surface area (Å²) < 4.78 is 0. The molecule has 0 bridgehead atoms. The molecular weight excluding hydrogens is 252 g/mol. The highest BCUT2D eigenvalue weighted by Crippen LogP contribution is 2.14. The second-order valence-corrected chi connectivity index (χ2v) is 5.51. The van der Waals surface area contributed by atoms with E-state index in [-0.39, 0.29) is 6.03 Å². The van der Waals surface area contributed by atoms with Gasteiger partial charge in [-0.15, -0.1) is 0 Å². The second-order valence-electron chi connectivity index (χ2n) is 5.51. The number of amides is 2. The van der Waals surface area contributed by atoms with E-state index in [2.05, 4.69) is 27.4 Å². The number of piperidine rings is 1. The topological polar surface area (TPSA) is 57.3 Å². The molecule has 1 aliphatic rings. The van der Waals surface area contributed by atoms with Gasteiger partial charge in [-0.25, -0.2) is 4.79 Å². The number of nitrogens with one attached hydrogen (secondary N) is 2. The molecule has 1 aromatic heterocycles. The minimum atomic E-state index is -0.105. The molecule has 0 saturated carbocycles. The molecule has 1 atom stereocenters. The normalized spacial score (nSPS) is 19.6. The molecule has 5 heteroatoms. The molecule has 2 heterocycles. The summed E-state index contributed by atoms with van der Waals surface area (Å²) in [4.78, 5) is 18.0. The van der Waals surface area contributed by atoms with Crippen molar-refractivity contribution in [1.29, 1.82) is 0 Å². The maximum Gasteiger partial charge on any atom is 0.315 e. The third kappa shape index (κ3) is 5.17. The van der Waals surface area contributed by atoms with Gasteiger partial charge in [0.05, 0.1) is 0 Å². The predicted octanol–water partition coefficient (Wildman–Crippen LogP) is 1.61. The van der Waals surface area contributed by atoms with Crippen LogP contribution in [0.2, 0.25) is 0 Å². The zero-order valence-electron chi connectivity index (χ0n) is 12.1. The quantitative estimate of drug-likeness (QED) is 0.859. The molecule has 0 radical (unpaired) electrons. The number of urea groups is 1. The Morgan fingerprint density at radius 1 is 1.40 bits per heavy atom. The van der Waals surface area contributed by atoms with Gasteiger partial charge in [-0.2, -0.15) is 0 Å². The summed E-state index contributed by atoms with van der Waals surface area (Å²) in [6.45, 7) is 6.78. The number of hydrogen-bond donors (Lipinski definition) is 2. The summed E-state index contributed by atoms with van der Waals surface area (Å²) in [5.41, 5.74) is 1.06. The van der Waals surface area contributed by atoms with Crippen LogP contribution in [0.1, 0.15) is 25.3 Å². The Labute approximate surface area is 120 Å². The molecule has 1 aliphatic heterocycles. The van der Waals surface area contributed by atoms with Crippen molar-refractivity contribution in [3.8, 4) is 0 Å². The lowest BCUT2D eigenvalue weighted by Gasteiger charge is -2.30. The van der Waals surface area contributed by atoms with Gasteiger partial charge in [0, 0.05) is 38.6 Å². The SMILES string of the molecule is CC1CCCN(CCNC(=O)NCc2ccncc2)C1. The Kier molecular flexibility index (Phi) is 5.80. The number of rotatable bonds is 5. The summed E-state index contributed by atoms with van der Waals surface area (Å²) in [6.07, 6.45) is 6.06. The summed E-state index contributed by atoms with van der Waals surface area (Å²) in [5, 5.41) is 5.76. The molecule has 2 rings (SSSR count). The highest BCUT2D eigenvalue weighted by Gasteiger charge is 2.15. The molecule has 110 valence electrons. The number of aromatic nitrogens is 1. The van der Waals surface area contributed by atoms with E-state index in [9.17, 15) is 4.79 Å². The van der Waals surface area contributed by atoms with Gasteiger partial charge in [0.15, 0.2) is 0 Å². The van der Waals surface area contributed by atoms with Crippen LogP contribution in [0.5, 0.6) is 0 Å². The van der Waals surface area contributed by atoms with Crippen molar-refractivity contribution in [3.63, 3.8) is 0 Å². The van der Waals surface area contributed by atoms with Crippen LogP contribution in [-0.2, 0) is 6.54 Å². The number of carbonyl (C=O) groups excluding carboxylic acids is 1. The van der Waals surface area contributed by atoms with Gasteiger partial charge in [-0.05, 0) is 43.0 Å². The second kappa shape index (κ2) is 7.85. The molecule has 0 aliphatic carbocycles. The highest BCUT2D eigenvalue weighted by atomic mass is 16.2. The van der Waals surface area contributed by atoms with E-state index in [1.165, 1.54) is 12.8 Å². The maximum atomic E-state index is 11.7. The minimum Gasteiger partial charge on any atom is -0.337 e. The van der Waals surface area contributed by atoms with Gasteiger partial charge < -0.3 is 15.5 Å². The van der Waals surface area contributed by atoms with Crippen LogP contribution in [-0.4, -0.2) is 42.1 Å². The van der Waals surface area contributed by atoms with Gasteiger partial charge in [0.25, 0.3) is 0 Å². The van der Waals surface area contributed by atoms with Gasteiger partial charge in [0.1, 0.15) is 0 Å². The molecule has 2 amide bonds. The van der Waals surface area contributed by atoms with E-state index in [1.54, 1.807) is 12.4 Å². The monoisotopic (exact) mass is 276 g/mol. The molecule has 1 aromatic rings. The number of pyridine rings is 1. The first-order chi connectivity index (χ1) is 9.74. The average molecular weight is 276 g/mol. The van der Waals surface area contributed by atoms with Gasteiger partial charge in [-0.3, -0.25) is 4.98 Å². The van der Waals surface area contributed by atoms with Gasteiger partial charge >= 0.3 is 6.03 Å². The van der Waals surface area contributed by atoms with E-state index in [0.717, 1.165) is 31.1 Å². The van der Waals surface area contributed by atoms with Crippen LogP contribution in [0.15, 0.2) is 24.5 Å². The van der Waals surface area contributed by atoms with Crippen LogP contribution >= 0.6 is 0 Å². The standard InChI is InChI=1S/C15H24N4O/c1-13-3-2-9-19(12-13)10-8-17-15(20)18-11-14-4-6-16-7-5-14/h4-7,13H,2-3,8-12H2,1H3,(H2,17,18,20). The summed E-state index contributed by atoms with van der Waals surface area (Å²) in [6, 6.07) is 3.69. The first-order valence-electron chi connectivity index (χ1n) is 7.37. The van der Waals surface area contributed by atoms with Crippen LogP contribution in [0.4, 0.5) is 4.79 Å². The van der Waals surface area contributed by atoms with E-state index in [1.807, 2.05) is 12.1 Å². The summed E-state index contributed by atoms with van der Waals surface area (Å²) >= 11 is 0. The Hall–Kier alpha value is -1.62. The number of hydrogen-bond acceptors (Lipinski definition) is 3. The average Bonchev–Trinajstić information content (AvgIpc) is 2.46. The fourth-order valence-electron chi connectivity index (χ4n) is 2.56. The lowest BCUT2D eigenvalue weighted by atomic mass is 10.0. The fraction of sp³-hybridized carbons (Fsp3) is 0.600. The maximum absolute atomic E-state index is 11.7. The van der Waals surface area contributed by atoms with Crippen molar-refractivity contribution >= 4 is 6.03 Å². The first-order valence-corrected chi connectivity index (χ1v) is 7.37. The van der Waals surface area contributed by atoms with Crippen LogP contribution in [0.25, 0.3) is 0 Å². The molecule has 1 unspecified atom stereocenters. The van der Waals surface area contributed by atoms with E-state index in [0.29, 0.717) is 13.1 Å². The molecule has 0 spiro atoms. The highest BCUT2D eigenvalue weighted by molar-refractivity contribution is 5.73. The van der Waals surface area contributed by atoms with Crippen molar-refractivity contribution in [3.05, 3.63) is 30.1 Å². The third-order valence-electron chi connectivity index (χ3n) is 3.66. The van der Waals surface area contributed by atoms with Crippen LogP contribution in [0, 0.1) is 5.92 Å². The lowest BCUT2D eigenvalue weighted by molar-refractivity contribution is 0.184. The van der Waals surface area contributed by atoms with Crippen LogP contribution in [0.3, 0.4) is 0 Å². The molecule has 1 fully saturated rings. The lowest BCUT2D eigenvalue weighted by Crippen LogP contribution is -2.42. The van der Waals surface area contributed by atoms with E-state index >= 15 is 0 Å². The van der Waals surface area contributed by atoms with E-state index < -0.39 is 0 Å². The number of likely N-dealkylation sites (tertiary alicyclic amines) is 1. The Morgan fingerprint density at radius 2 is 2.20 bits per heavy atom. The molecule has 0 aromatic carbocycles. The van der Waals surface area contributed by atoms with Gasteiger partial charge in [0.2, 0.25) is 0 Å². The molecule has 2 N–H and O–H groups in total. The van der Waals surface area contributed by atoms with Crippen LogP contribution < -0.4 is 10.6 Å². The zero-order chi connectivity index (χ0) is 14.2. The van der Waals surface area contributed by atoms with Crippen molar-refractivity contribution in [2.45, 2.75) is 26.3 Å². The molecule has 20 heavy (non-hydrogen) atoms. The molecule has 5 nitrogen and oxygen atoms in total. The Bertz CT molecular complexity index is 410. The van der Waals surface area contributed by atoms with Crippen molar-refractivity contribution in [2.75, 3.05) is 26.2 Å². The minimum absolute atomic E-state index is 0.105. The smallest absolute Gasteiger partial charge is 0.315 e. The number of nitrogens with zero attached hydrogens (tertiary/aromatic N) is 2. The zero-order valence-corrected chi connectivity index (χ0v) is 12.1.